The Morgan fingerprint density at radius 1 is 1.10 bits per heavy atom. The van der Waals surface area contributed by atoms with Crippen molar-refractivity contribution < 1.29 is 9.69 Å². The third kappa shape index (κ3) is 4.28. The Morgan fingerprint density at radius 3 is 2.53 bits per heavy atom. The summed E-state index contributed by atoms with van der Waals surface area (Å²) >= 11 is 1.83. The van der Waals surface area contributed by atoms with Crippen LogP contribution in [-0.4, -0.2) is 30.0 Å². The van der Waals surface area contributed by atoms with E-state index in [9.17, 15) is 4.79 Å². The number of para-hydroxylation sites is 2. The van der Waals surface area contributed by atoms with E-state index in [1.807, 2.05) is 11.3 Å². The lowest BCUT2D eigenvalue weighted by atomic mass is 9.96. The Labute approximate surface area is 183 Å². The van der Waals surface area contributed by atoms with E-state index in [1.165, 1.54) is 20.2 Å². The van der Waals surface area contributed by atoms with Crippen LogP contribution < -0.4 is 10.2 Å². The third-order valence-electron chi connectivity index (χ3n) is 6.47. The van der Waals surface area contributed by atoms with Crippen LogP contribution in [0.3, 0.4) is 0 Å². The second-order valence-corrected chi connectivity index (χ2v) is 9.92. The van der Waals surface area contributed by atoms with E-state index < -0.39 is 0 Å². The van der Waals surface area contributed by atoms with Gasteiger partial charge in [-0.1, -0.05) is 44.2 Å². The number of nitrogens with zero attached hydrogens (tertiary/aromatic N) is 1. The van der Waals surface area contributed by atoms with E-state index in [-0.39, 0.29) is 11.9 Å². The maximum atomic E-state index is 13.1. The first kappa shape index (κ1) is 21.0. The first-order valence-electron chi connectivity index (χ1n) is 11.0. The maximum Gasteiger partial charge on any atom is 0.282 e. The Bertz CT molecular complexity index is 1000. The van der Waals surface area contributed by atoms with Crippen LogP contribution in [0.1, 0.15) is 61.6 Å². The molecule has 2 aromatic carbocycles. The fourth-order valence-corrected chi connectivity index (χ4v) is 5.63. The number of likely N-dealkylation sites (tertiary alicyclic amines) is 1. The van der Waals surface area contributed by atoms with Crippen molar-refractivity contribution in [2.75, 3.05) is 18.4 Å². The summed E-state index contributed by atoms with van der Waals surface area (Å²) in [5.74, 6) is 1.03. The highest BCUT2D eigenvalue weighted by atomic mass is 32.1. The molecule has 0 bridgehead atoms. The molecule has 1 aliphatic rings. The number of nitrogens with one attached hydrogen (secondary N) is 2. The number of carbonyl (C=O) groups is 1. The number of aryl methyl sites for hydroxylation is 1. The van der Waals surface area contributed by atoms with E-state index in [2.05, 4.69) is 75.5 Å². The molecule has 158 valence electrons. The number of anilines is 1. The average Bonchev–Trinajstić information content (AvgIpc) is 3.19. The third-order valence-corrected chi connectivity index (χ3v) is 7.67. The fourth-order valence-electron chi connectivity index (χ4n) is 4.49. The van der Waals surface area contributed by atoms with Crippen LogP contribution in [0.2, 0.25) is 0 Å². The summed E-state index contributed by atoms with van der Waals surface area (Å²) in [6, 6.07) is 14.6. The lowest BCUT2D eigenvalue weighted by molar-refractivity contribution is -0.919. The summed E-state index contributed by atoms with van der Waals surface area (Å²) in [7, 11) is 0. The van der Waals surface area contributed by atoms with Crippen LogP contribution in [-0.2, 0) is 4.79 Å². The van der Waals surface area contributed by atoms with Crippen molar-refractivity contribution >= 4 is 33.1 Å². The Morgan fingerprint density at radius 2 is 1.83 bits per heavy atom. The lowest BCUT2D eigenvalue weighted by Gasteiger charge is -2.32. The minimum atomic E-state index is -0.0547. The van der Waals surface area contributed by atoms with Gasteiger partial charge in [0.15, 0.2) is 6.04 Å². The van der Waals surface area contributed by atoms with Gasteiger partial charge in [0.1, 0.15) is 0 Å². The number of aromatic nitrogens is 1. The van der Waals surface area contributed by atoms with Gasteiger partial charge >= 0.3 is 0 Å². The molecule has 4 rings (SSSR count). The van der Waals surface area contributed by atoms with Gasteiger partial charge in [-0.3, -0.25) is 4.79 Å². The molecule has 30 heavy (non-hydrogen) atoms. The highest BCUT2D eigenvalue weighted by Gasteiger charge is 2.32. The van der Waals surface area contributed by atoms with Gasteiger partial charge in [-0.05, 0) is 43.0 Å². The molecule has 1 amide bonds. The van der Waals surface area contributed by atoms with Crippen molar-refractivity contribution in [1.82, 2.24) is 4.98 Å². The zero-order chi connectivity index (χ0) is 21.3. The first-order chi connectivity index (χ1) is 14.4. The van der Waals surface area contributed by atoms with Crippen LogP contribution >= 0.6 is 11.3 Å². The fraction of sp³-hybridized carbons (Fsp3) is 0.440. The summed E-state index contributed by atoms with van der Waals surface area (Å²) < 4.78 is 1.27. The van der Waals surface area contributed by atoms with Crippen molar-refractivity contribution in [2.45, 2.75) is 58.4 Å². The number of amides is 1. The number of thiazole rings is 1. The van der Waals surface area contributed by atoms with Gasteiger partial charge in [-0.2, -0.15) is 0 Å². The standard InChI is InChI=1S/C25H31N3OS/c1-16(2)20-9-7-8-17(3)23(20)27-24(29)18(4)28-14-12-19(13-15-28)25-26-21-10-5-6-11-22(21)30-25/h5-11,16,18-19H,12-15H2,1-4H3,(H,27,29)/p+1/t18-/m1/s1. The van der Waals surface area contributed by atoms with E-state index in [1.54, 1.807) is 0 Å². The van der Waals surface area contributed by atoms with Gasteiger partial charge in [-0.15, -0.1) is 11.3 Å². The van der Waals surface area contributed by atoms with E-state index in [0.717, 1.165) is 42.7 Å². The molecule has 1 fully saturated rings. The molecular formula is C25H32N3OS+. The number of carbonyl (C=O) groups excluding carboxylic acids is 1. The zero-order valence-corrected chi connectivity index (χ0v) is 19.2. The number of piperidine rings is 1. The summed E-state index contributed by atoms with van der Waals surface area (Å²) in [4.78, 5) is 19.3. The average molecular weight is 423 g/mol. The molecule has 2 N–H and O–H groups in total. The van der Waals surface area contributed by atoms with Crippen molar-refractivity contribution in [3.05, 3.63) is 58.6 Å². The summed E-state index contributed by atoms with van der Waals surface area (Å²) in [6.45, 7) is 10.5. The second-order valence-electron chi connectivity index (χ2n) is 8.86. The molecule has 3 aromatic rings. The molecule has 0 unspecified atom stereocenters. The molecule has 5 heteroatoms. The predicted octanol–water partition coefficient (Wildman–Crippen LogP) is 4.52. The number of hydrogen-bond acceptors (Lipinski definition) is 3. The molecule has 1 aromatic heterocycles. The number of rotatable bonds is 5. The molecular weight excluding hydrogens is 390 g/mol. The van der Waals surface area contributed by atoms with Crippen molar-refractivity contribution in [2.24, 2.45) is 0 Å². The zero-order valence-electron chi connectivity index (χ0n) is 18.4. The molecule has 1 saturated heterocycles. The number of fused-ring (bicyclic) bond motifs is 1. The van der Waals surface area contributed by atoms with Gasteiger partial charge in [0.2, 0.25) is 0 Å². The van der Waals surface area contributed by atoms with Crippen LogP contribution in [0.25, 0.3) is 10.2 Å². The Hall–Kier alpha value is -2.24. The van der Waals surface area contributed by atoms with E-state index in [0.29, 0.717) is 11.8 Å². The number of quaternary nitrogens is 1. The largest absolute Gasteiger partial charge is 0.325 e. The quantitative estimate of drug-likeness (QED) is 0.635. The number of hydrogen-bond donors (Lipinski definition) is 2. The Balaban J connectivity index is 1.39. The summed E-state index contributed by atoms with van der Waals surface area (Å²) in [5.41, 5.74) is 4.44. The normalized spacial score (nSPS) is 20.4. The molecule has 1 atom stereocenters. The topological polar surface area (TPSA) is 46.4 Å². The van der Waals surface area contributed by atoms with Crippen molar-refractivity contribution in [3.8, 4) is 0 Å². The molecule has 0 spiro atoms. The van der Waals surface area contributed by atoms with Crippen LogP contribution in [0.5, 0.6) is 0 Å². The minimum Gasteiger partial charge on any atom is -0.325 e. The minimum absolute atomic E-state index is 0.0547. The smallest absolute Gasteiger partial charge is 0.282 e. The van der Waals surface area contributed by atoms with Gasteiger partial charge in [0.25, 0.3) is 5.91 Å². The Kier molecular flexibility index (Phi) is 6.21. The van der Waals surface area contributed by atoms with Crippen LogP contribution in [0.4, 0.5) is 5.69 Å². The number of benzene rings is 2. The van der Waals surface area contributed by atoms with E-state index >= 15 is 0 Å². The highest BCUT2D eigenvalue weighted by Crippen LogP contribution is 2.32. The van der Waals surface area contributed by atoms with Gasteiger partial charge in [-0.25, -0.2) is 4.98 Å². The highest BCUT2D eigenvalue weighted by molar-refractivity contribution is 7.18. The SMILES string of the molecule is Cc1cccc(C(C)C)c1NC(=O)[C@@H](C)[NH+]1CCC(c2nc3ccccc3s2)CC1. The lowest BCUT2D eigenvalue weighted by Crippen LogP contribution is -3.17. The van der Waals surface area contributed by atoms with Crippen LogP contribution in [0.15, 0.2) is 42.5 Å². The van der Waals surface area contributed by atoms with Crippen molar-refractivity contribution in [3.63, 3.8) is 0 Å². The molecule has 0 saturated carbocycles. The molecule has 0 radical (unpaired) electrons. The summed E-state index contributed by atoms with van der Waals surface area (Å²) in [5, 5.41) is 4.51. The van der Waals surface area contributed by atoms with Crippen LogP contribution in [0, 0.1) is 6.92 Å². The predicted molar refractivity (Wildman–Crippen MR) is 126 cm³/mol. The van der Waals surface area contributed by atoms with Crippen molar-refractivity contribution in [1.29, 1.82) is 0 Å². The van der Waals surface area contributed by atoms with Gasteiger partial charge < -0.3 is 10.2 Å². The van der Waals surface area contributed by atoms with Gasteiger partial charge in [0.05, 0.1) is 28.3 Å². The molecule has 0 aliphatic carbocycles. The first-order valence-corrected chi connectivity index (χ1v) is 11.9. The monoisotopic (exact) mass is 422 g/mol. The van der Waals surface area contributed by atoms with Gasteiger partial charge in [0, 0.05) is 24.4 Å². The molecule has 4 nitrogen and oxygen atoms in total. The second kappa shape index (κ2) is 8.86. The summed E-state index contributed by atoms with van der Waals surface area (Å²) in [6.07, 6.45) is 2.18. The molecule has 2 heterocycles. The van der Waals surface area contributed by atoms with E-state index in [4.69, 9.17) is 4.98 Å². The molecule has 1 aliphatic heterocycles. The maximum absolute atomic E-state index is 13.1.